The second-order valence-electron chi connectivity index (χ2n) is 8.42. The maximum atomic E-state index is 4.92. The van der Waals surface area contributed by atoms with Crippen LogP contribution in [-0.2, 0) is 18.4 Å². The van der Waals surface area contributed by atoms with Crippen molar-refractivity contribution in [2.24, 2.45) is 4.99 Å². The molecule has 0 spiro atoms. The smallest absolute Gasteiger partial charge is 0.193 e. The summed E-state index contributed by atoms with van der Waals surface area (Å²) in [4.78, 5) is 9.21. The maximum absolute atomic E-state index is 4.92. The van der Waals surface area contributed by atoms with Gasteiger partial charge < -0.3 is 14.7 Å². The van der Waals surface area contributed by atoms with Crippen LogP contribution in [0.1, 0.15) is 37.6 Å². The Morgan fingerprint density at radius 2 is 1.79 bits per heavy atom. The van der Waals surface area contributed by atoms with Crippen LogP contribution >= 0.6 is 24.0 Å². The second-order valence-corrected chi connectivity index (χ2v) is 8.42. The van der Waals surface area contributed by atoms with E-state index in [0.717, 1.165) is 57.3 Å². The molecule has 0 bridgehead atoms. The molecule has 2 aromatic rings. The van der Waals surface area contributed by atoms with Crippen LogP contribution in [-0.4, -0.2) is 60.7 Å². The molecule has 1 aromatic carbocycles. The van der Waals surface area contributed by atoms with Gasteiger partial charge in [-0.15, -0.1) is 24.0 Å². The topological polar surface area (TPSA) is 56.9 Å². The lowest BCUT2D eigenvalue weighted by atomic mass is 9.86. The van der Waals surface area contributed by atoms with E-state index in [-0.39, 0.29) is 29.4 Å². The molecule has 1 N–H and O–H groups in total. The fourth-order valence-electron chi connectivity index (χ4n) is 3.49. The van der Waals surface area contributed by atoms with Crippen molar-refractivity contribution in [1.29, 1.82) is 0 Å². The lowest BCUT2D eigenvalue weighted by Gasteiger charge is -2.36. The van der Waals surface area contributed by atoms with Gasteiger partial charge in [-0.25, -0.2) is 0 Å². The molecule has 0 radical (unpaired) electrons. The highest BCUT2D eigenvalue weighted by molar-refractivity contribution is 14.0. The van der Waals surface area contributed by atoms with Crippen LogP contribution < -0.4 is 5.32 Å². The number of aliphatic imine (C=N–C) groups is 1. The van der Waals surface area contributed by atoms with Gasteiger partial charge in [-0.1, -0.05) is 50.2 Å². The fourth-order valence-corrected chi connectivity index (χ4v) is 3.49. The summed E-state index contributed by atoms with van der Waals surface area (Å²) in [5.41, 5.74) is 3.93. The zero-order chi connectivity index (χ0) is 20.0. The fraction of sp³-hybridized carbons (Fsp3) is 0.545. The number of benzene rings is 1. The summed E-state index contributed by atoms with van der Waals surface area (Å²) in [6.07, 6.45) is 2.63. The molecule has 2 heterocycles. The number of piperazine rings is 1. The molecule has 160 valence electrons. The van der Waals surface area contributed by atoms with Gasteiger partial charge in [0.2, 0.25) is 0 Å². The molecule has 1 aliphatic heterocycles. The highest BCUT2D eigenvalue weighted by atomic mass is 127. The monoisotopic (exact) mass is 511 g/mol. The molecule has 1 saturated heterocycles. The van der Waals surface area contributed by atoms with Gasteiger partial charge in [-0.2, -0.15) is 0 Å². The van der Waals surface area contributed by atoms with E-state index in [1.54, 1.807) is 6.26 Å². The molecule has 1 aromatic heterocycles. The Morgan fingerprint density at radius 1 is 1.10 bits per heavy atom. The van der Waals surface area contributed by atoms with Crippen molar-refractivity contribution in [3.05, 3.63) is 53.4 Å². The third kappa shape index (κ3) is 6.99. The Balaban J connectivity index is 0.00000300. The van der Waals surface area contributed by atoms with E-state index >= 15 is 0 Å². The van der Waals surface area contributed by atoms with Crippen LogP contribution in [0.3, 0.4) is 0 Å². The first-order chi connectivity index (χ1) is 13.5. The van der Waals surface area contributed by atoms with Crippen LogP contribution in [0.15, 0.2) is 46.1 Å². The van der Waals surface area contributed by atoms with Gasteiger partial charge in [0.25, 0.3) is 0 Å². The lowest BCUT2D eigenvalue weighted by molar-refractivity contribution is 0.169. The first-order valence-electron chi connectivity index (χ1n) is 10.1. The molecule has 1 aliphatic rings. The number of hydrogen-bond acceptors (Lipinski definition) is 4. The summed E-state index contributed by atoms with van der Waals surface area (Å²) in [6, 6.07) is 10.9. The molecule has 3 rings (SSSR count). The van der Waals surface area contributed by atoms with E-state index in [4.69, 9.17) is 4.52 Å². The zero-order valence-electron chi connectivity index (χ0n) is 18.0. The standard InChI is InChI=1S/C22H33N5O.HI/c1-22(2,3)19-7-5-18(6-8-19)9-11-24-21(23-4)27-14-12-26(13-15-27)17-20-10-16-28-25-20;/h5-8,10,16H,9,11-15,17H2,1-4H3,(H,23,24);1H. The first kappa shape index (κ1) is 23.7. The molecule has 0 amide bonds. The van der Waals surface area contributed by atoms with Gasteiger partial charge in [0.15, 0.2) is 5.96 Å². The van der Waals surface area contributed by atoms with Gasteiger partial charge in [0.1, 0.15) is 6.26 Å². The quantitative estimate of drug-likeness (QED) is 0.378. The van der Waals surface area contributed by atoms with Crippen molar-refractivity contribution in [3.63, 3.8) is 0 Å². The third-order valence-electron chi connectivity index (χ3n) is 5.28. The molecule has 0 aliphatic carbocycles. The number of nitrogens with zero attached hydrogens (tertiary/aromatic N) is 4. The van der Waals surface area contributed by atoms with E-state index in [9.17, 15) is 0 Å². The predicted octanol–water partition coefficient (Wildman–Crippen LogP) is 3.53. The normalized spacial score (nSPS) is 15.9. The van der Waals surface area contributed by atoms with Crippen molar-refractivity contribution in [3.8, 4) is 0 Å². The molecular weight excluding hydrogens is 477 g/mol. The largest absolute Gasteiger partial charge is 0.364 e. The number of hydrogen-bond donors (Lipinski definition) is 1. The van der Waals surface area contributed by atoms with Gasteiger partial charge in [0, 0.05) is 52.4 Å². The first-order valence-corrected chi connectivity index (χ1v) is 10.1. The maximum Gasteiger partial charge on any atom is 0.193 e. The van der Waals surface area contributed by atoms with Crippen molar-refractivity contribution >= 4 is 29.9 Å². The Labute approximate surface area is 191 Å². The van der Waals surface area contributed by atoms with E-state index in [2.05, 4.69) is 70.3 Å². The van der Waals surface area contributed by atoms with Crippen LogP contribution in [0.25, 0.3) is 0 Å². The molecule has 29 heavy (non-hydrogen) atoms. The van der Waals surface area contributed by atoms with Gasteiger partial charge in [-0.3, -0.25) is 9.89 Å². The van der Waals surface area contributed by atoms with E-state index in [0.29, 0.717) is 0 Å². The van der Waals surface area contributed by atoms with Gasteiger partial charge in [0.05, 0.1) is 5.69 Å². The molecule has 1 fully saturated rings. The minimum atomic E-state index is 0. The number of rotatable bonds is 5. The van der Waals surface area contributed by atoms with Crippen molar-refractivity contribution in [2.75, 3.05) is 39.8 Å². The average molecular weight is 511 g/mol. The number of halogens is 1. The van der Waals surface area contributed by atoms with E-state index in [1.165, 1.54) is 11.1 Å². The van der Waals surface area contributed by atoms with Crippen LogP contribution in [0.4, 0.5) is 0 Å². The highest BCUT2D eigenvalue weighted by Crippen LogP contribution is 2.22. The number of nitrogens with one attached hydrogen (secondary N) is 1. The van der Waals surface area contributed by atoms with Crippen LogP contribution in [0.2, 0.25) is 0 Å². The summed E-state index contributed by atoms with van der Waals surface area (Å²) in [5.74, 6) is 0.993. The SMILES string of the molecule is CN=C(NCCc1ccc(C(C)(C)C)cc1)N1CCN(Cc2ccon2)CC1.I. The summed E-state index contributed by atoms with van der Waals surface area (Å²) in [7, 11) is 1.86. The lowest BCUT2D eigenvalue weighted by Crippen LogP contribution is -2.52. The van der Waals surface area contributed by atoms with Crippen LogP contribution in [0, 0.1) is 0 Å². The van der Waals surface area contributed by atoms with Gasteiger partial charge in [-0.05, 0) is 23.0 Å². The molecule has 0 saturated carbocycles. The molecule has 0 unspecified atom stereocenters. The minimum absolute atomic E-state index is 0. The van der Waals surface area contributed by atoms with E-state index in [1.807, 2.05) is 13.1 Å². The van der Waals surface area contributed by atoms with Crippen molar-refractivity contribution < 1.29 is 4.52 Å². The Hall–Kier alpha value is -1.61. The Morgan fingerprint density at radius 3 is 2.34 bits per heavy atom. The summed E-state index contributed by atoms with van der Waals surface area (Å²) in [6.45, 7) is 12.4. The molecule has 7 heteroatoms. The highest BCUT2D eigenvalue weighted by Gasteiger charge is 2.20. The molecule has 6 nitrogen and oxygen atoms in total. The second kappa shape index (κ2) is 11.0. The van der Waals surface area contributed by atoms with E-state index < -0.39 is 0 Å². The third-order valence-corrected chi connectivity index (χ3v) is 5.28. The Bertz CT molecular complexity index is 745. The number of aromatic nitrogens is 1. The minimum Gasteiger partial charge on any atom is -0.364 e. The van der Waals surface area contributed by atoms with Gasteiger partial charge >= 0.3 is 0 Å². The predicted molar refractivity (Wildman–Crippen MR) is 129 cm³/mol. The van der Waals surface area contributed by atoms with Crippen molar-refractivity contribution in [2.45, 2.75) is 39.2 Å². The summed E-state index contributed by atoms with van der Waals surface area (Å²) < 4.78 is 4.92. The summed E-state index contributed by atoms with van der Waals surface area (Å²) in [5, 5.41) is 7.53. The average Bonchev–Trinajstić information content (AvgIpc) is 3.19. The number of guanidine groups is 1. The Kier molecular flexibility index (Phi) is 8.95. The summed E-state index contributed by atoms with van der Waals surface area (Å²) >= 11 is 0. The zero-order valence-corrected chi connectivity index (χ0v) is 20.3. The van der Waals surface area contributed by atoms with Crippen molar-refractivity contribution in [1.82, 2.24) is 20.3 Å². The van der Waals surface area contributed by atoms with Crippen LogP contribution in [0.5, 0.6) is 0 Å². The molecular formula is C22H34IN5O. The molecule has 0 atom stereocenters.